The monoisotopic (exact) mass is 296 g/mol. The number of piperidine rings is 1. The van der Waals surface area contributed by atoms with E-state index in [1.54, 1.807) is 11.3 Å². The molecule has 1 saturated heterocycles. The first-order valence-electron chi connectivity index (χ1n) is 7.32. The first kappa shape index (κ1) is 15.3. The van der Waals surface area contributed by atoms with Crippen molar-refractivity contribution in [2.45, 2.75) is 45.7 Å². The summed E-state index contributed by atoms with van der Waals surface area (Å²) in [4.78, 5) is 18.4. The summed E-state index contributed by atoms with van der Waals surface area (Å²) in [7, 11) is 0. The summed E-state index contributed by atoms with van der Waals surface area (Å²) >= 11 is 1.58. The van der Waals surface area contributed by atoms with Gasteiger partial charge in [0.25, 0.3) is 0 Å². The largest absolute Gasteiger partial charge is 0.337 e. The van der Waals surface area contributed by atoms with E-state index in [2.05, 4.69) is 27.4 Å². The Morgan fingerprint density at radius 1 is 1.50 bits per heavy atom. The minimum Gasteiger partial charge on any atom is -0.337 e. The Balaban J connectivity index is 1.60. The van der Waals surface area contributed by atoms with E-state index in [1.165, 1.54) is 19.3 Å². The van der Waals surface area contributed by atoms with Gasteiger partial charge in [0.05, 0.1) is 6.54 Å². The second kappa shape index (κ2) is 7.59. The van der Waals surface area contributed by atoms with Gasteiger partial charge in [-0.15, -0.1) is 11.3 Å². The molecule has 1 unspecified atom stereocenters. The van der Waals surface area contributed by atoms with Gasteiger partial charge in [-0.25, -0.2) is 9.78 Å². The van der Waals surface area contributed by atoms with Gasteiger partial charge in [-0.05, 0) is 33.2 Å². The fraction of sp³-hybridized carbons (Fsp3) is 0.714. The molecule has 1 fully saturated rings. The summed E-state index contributed by atoms with van der Waals surface area (Å²) in [5, 5.41) is 8.69. The molecule has 1 atom stereocenters. The fourth-order valence-corrected chi connectivity index (χ4v) is 3.22. The Morgan fingerprint density at radius 3 is 3.05 bits per heavy atom. The number of thiazole rings is 1. The summed E-state index contributed by atoms with van der Waals surface area (Å²) < 4.78 is 0. The number of rotatable bonds is 5. The standard InChI is InChI=1S/C14H24N4OS/c1-11-10-20-13(17-11)9-16-14(19)15-6-8-18-7-4-3-5-12(18)2/h10,12H,3-9H2,1-2H3,(H2,15,16,19). The van der Waals surface area contributed by atoms with E-state index in [-0.39, 0.29) is 6.03 Å². The van der Waals surface area contributed by atoms with Gasteiger partial charge in [-0.1, -0.05) is 6.42 Å². The number of urea groups is 1. The van der Waals surface area contributed by atoms with Crippen LogP contribution in [-0.2, 0) is 6.54 Å². The van der Waals surface area contributed by atoms with Crippen molar-refractivity contribution >= 4 is 17.4 Å². The molecule has 1 aromatic heterocycles. The van der Waals surface area contributed by atoms with Crippen molar-refractivity contribution < 1.29 is 4.79 Å². The number of carbonyl (C=O) groups is 1. The molecule has 0 radical (unpaired) electrons. The maximum absolute atomic E-state index is 11.7. The molecule has 0 spiro atoms. The van der Waals surface area contributed by atoms with Crippen molar-refractivity contribution in [3.05, 3.63) is 16.1 Å². The molecule has 2 heterocycles. The molecular weight excluding hydrogens is 272 g/mol. The number of amides is 2. The van der Waals surface area contributed by atoms with E-state index in [0.717, 1.165) is 23.8 Å². The van der Waals surface area contributed by atoms with E-state index >= 15 is 0 Å². The number of aromatic nitrogens is 1. The van der Waals surface area contributed by atoms with Crippen LogP contribution in [0.1, 0.15) is 36.9 Å². The minimum atomic E-state index is -0.109. The van der Waals surface area contributed by atoms with Crippen molar-refractivity contribution in [2.24, 2.45) is 0 Å². The third-order valence-electron chi connectivity index (χ3n) is 3.69. The molecule has 2 amide bonds. The number of hydrogen-bond donors (Lipinski definition) is 2. The lowest BCUT2D eigenvalue weighted by Crippen LogP contribution is -2.44. The van der Waals surface area contributed by atoms with Crippen LogP contribution in [0.3, 0.4) is 0 Å². The van der Waals surface area contributed by atoms with Gasteiger partial charge in [0, 0.05) is 30.2 Å². The molecular formula is C14H24N4OS. The lowest BCUT2D eigenvalue weighted by atomic mass is 10.0. The predicted octanol–water partition coefficient (Wildman–Crippen LogP) is 2.13. The van der Waals surface area contributed by atoms with Crippen LogP contribution < -0.4 is 10.6 Å². The average molecular weight is 296 g/mol. The van der Waals surface area contributed by atoms with Crippen molar-refractivity contribution in [3.8, 4) is 0 Å². The lowest BCUT2D eigenvalue weighted by molar-refractivity contribution is 0.161. The number of hydrogen-bond acceptors (Lipinski definition) is 4. The topological polar surface area (TPSA) is 57.3 Å². The average Bonchev–Trinajstić information content (AvgIpc) is 2.84. The van der Waals surface area contributed by atoms with E-state index in [4.69, 9.17) is 0 Å². The zero-order valence-corrected chi connectivity index (χ0v) is 13.1. The summed E-state index contributed by atoms with van der Waals surface area (Å²) in [5.41, 5.74) is 1.01. The summed E-state index contributed by atoms with van der Waals surface area (Å²) in [6.07, 6.45) is 3.88. The van der Waals surface area contributed by atoms with Gasteiger partial charge >= 0.3 is 6.03 Å². The molecule has 0 saturated carbocycles. The third kappa shape index (κ3) is 4.76. The van der Waals surface area contributed by atoms with E-state index in [9.17, 15) is 4.79 Å². The van der Waals surface area contributed by atoms with Crippen LogP contribution >= 0.6 is 11.3 Å². The molecule has 1 aromatic rings. The second-order valence-corrected chi connectivity index (χ2v) is 6.32. The van der Waals surface area contributed by atoms with Crippen LogP contribution in [0.4, 0.5) is 4.79 Å². The quantitative estimate of drug-likeness (QED) is 0.875. The van der Waals surface area contributed by atoms with Gasteiger partial charge in [-0.2, -0.15) is 0 Å². The molecule has 6 heteroatoms. The fourth-order valence-electron chi connectivity index (χ4n) is 2.51. The van der Waals surface area contributed by atoms with Gasteiger partial charge in [-0.3, -0.25) is 4.90 Å². The Bertz CT molecular complexity index is 435. The molecule has 2 N–H and O–H groups in total. The van der Waals surface area contributed by atoms with E-state index in [1.807, 2.05) is 12.3 Å². The summed E-state index contributed by atoms with van der Waals surface area (Å²) in [5.74, 6) is 0. The van der Waals surface area contributed by atoms with Crippen LogP contribution in [0.5, 0.6) is 0 Å². The van der Waals surface area contributed by atoms with E-state index < -0.39 is 0 Å². The number of nitrogens with zero attached hydrogens (tertiary/aromatic N) is 2. The van der Waals surface area contributed by atoms with E-state index in [0.29, 0.717) is 19.1 Å². The van der Waals surface area contributed by atoms with Gasteiger partial charge < -0.3 is 10.6 Å². The Labute approximate surface area is 124 Å². The molecule has 1 aliphatic rings. The normalized spacial score (nSPS) is 19.8. The first-order chi connectivity index (χ1) is 9.65. The molecule has 0 aromatic carbocycles. The molecule has 2 rings (SSSR count). The predicted molar refractivity (Wildman–Crippen MR) is 82.0 cm³/mol. The summed E-state index contributed by atoms with van der Waals surface area (Å²) in [6, 6.07) is 0.537. The Hall–Kier alpha value is -1.14. The Morgan fingerprint density at radius 2 is 2.35 bits per heavy atom. The lowest BCUT2D eigenvalue weighted by Gasteiger charge is -2.33. The molecule has 112 valence electrons. The maximum atomic E-state index is 11.7. The van der Waals surface area contributed by atoms with Crippen LogP contribution in [0, 0.1) is 6.92 Å². The smallest absolute Gasteiger partial charge is 0.315 e. The van der Waals surface area contributed by atoms with Crippen LogP contribution in [0.25, 0.3) is 0 Å². The van der Waals surface area contributed by atoms with Crippen molar-refractivity contribution in [3.63, 3.8) is 0 Å². The minimum absolute atomic E-state index is 0.109. The second-order valence-electron chi connectivity index (χ2n) is 5.37. The van der Waals surface area contributed by atoms with Gasteiger partial charge in [0.15, 0.2) is 0 Å². The SMILES string of the molecule is Cc1csc(CNC(=O)NCCN2CCCCC2C)n1. The molecule has 0 bridgehead atoms. The van der Waals surface area contributed by atoms with Gasteiger partial charge in [0.1, 0.15) is 5.01 Å². The maximum Gasteiger partial charge on any atom is 0.315 e. The first-order valence-corrected chi connectivity index (χ1v) is 8.20. The Kier molecular flexibility index (Phi) is 5.79. The third-order valence-corrected chi connectivity index (χ3v) is 4.66. The zero-order chi connectivity index (χ0) is 14.4. The van der Waals surface area contributed by atoms with Gasteiger partial charge in [0.2, 0.25) is 0 Å². The number of likely N-dealkylation sites (tertiary alicyclic amines) is 1. The van der Waals surface area contributed by atoms with Crippen molar-refractivity contribution in [1.29, 1.82) is 0 Å². The van der Waals surface area contributed by atoms with Crippen LogP contribution in [0.2, 0.25) is 0 Å². The molecule has 1 aliphatic heterocycles. The highest BCUT2D eigenvalue weighted by atomic mass is 32.1. The molecule has 20 heavy (non-hydrogen) atoms. The molecule has 0 aliphatic carbocycles. The van der Waals surface area contributed by atoms with Crippen molar-refractivity contribution in [2.75, 3.05) is 19.6 Å². The zero-order valence-electron chi connectivity index (χ0n) is 12.3. The van der Waals surface area contributed by atoms with Crippen molar-refractivity contribution in [1.82, 2.24) is 20.5 Å². The highest BCUT2D eigenvalue weighted by molar-refractivity contribution is 7.09. The number of aryl methyl sites for hydroxylation is 1. The van der Waals surface area contributed by atoms with Crippen LogP contribution in [0.15, 0.2) is 5.38 Å². The molecule has 5 nitrogen and oxygen atoms in total. The number of carbonyl (C=O) groups excluding carboxylic acids is 1. The highest BCUT2D eigenvalue weighted by Crippen LogP contribution is 2.15. The highest BCUT2D eigenvalue weighted by Gasteiger charge is 2.17. The summed E-state index contributed by atoms with van der Waals surface area (Å²) in [6.45, 7) is 7.52. The van der Waals surface area contributed by atoms with Crippen LogP contribution in [-0.4, -0.2) is 41.6 Å². The number of nitrogens with one attached hydrogen (secondary N) is 2.